The number of allylic oxidation sites excluding steroid dienone is 2. The smallest absolute Gasteiger partial charge is 0.756 e. The summed E-state index contributed by atoms with van der Waals surface area (Å²) in [4.78, 5) is 51.8. The molecular formula is C52H88NaO9P. The van der Waals surface area contributed by atoms with Crippen LogP contribution >= 0.6 is 7.82 Å². The van der Waals surface area contributed by atoms with Crippen LogP contribution < -0.4 is 34.5 Å². The molecule has 0 saturated heterocycles. The zero-order valence-corrected chi connectivity index (χ0v) is 43.9. The molecule has 4 aliphatic carbocycles. The molecule has 0 spiro atoms. The van der Waals surface area contributed by atoms with Crippen LogP contribution in [0.5, 0.6) is 0 Å². The van der Waals surface area contributed by atoms with Crippen LogP contribution in [-0.4, -0.2) is 43.1 Å². The van der Waals surface area contributed by atoms with Gasteiger partial charge < -0.3 is 23.4 Å². The Bertz CT molecular complexity index is 1480. The third kappa shape index (κ3) is 18.3. The first-order chi connectivity index (χ1) is 29.9. The molecule has 0 N–H and O–H groups in total. The van der Waals surface area contributed by atoms with Crippen LogP contribution in [0.3, 0.4) is 0 Å². The third-order valence-electron chi connectivity index (χ3n) is 15.5. The van der Waals surface area contributed by atoms with Crippen molar-refractivity contribution in [1.29, 1.82) is 0 Å². The van der Waals surface area contributed by atoms with Crippen molar-refractivity contribution in [2.24, 2.45) is 28.6 Å². The number of hydrogen-bond acceptors (Lipinski definition) is 9. The van der Waals surface area contributed by atoms with Gasteiger partial charge in [-0.05, 0) is 98.5 Å². The van der Waals surface area contributed by atoms with Crippen molar-refractivity contribution in [1.82, 2.24) is 0 Å². The van der Waals surface area contributed by atoms with Gasteiger partial charge in [-0.3, -0.25) is 18.9 Å². The largest absolute Gasteiger partial charge is 1.00 e. The summed E-state index contributed by atoms with van der Waals surface area (Å²) in [5.74, 6) is 0.552. The van der Waals surface area contributed by atoms with E-state index < -0.39 is 32.6 Å². The van der Waals surface area contributed by atoms with Gasteiger partial charge in [0.25, 0.3) is 7.82 Å². The number of hydrogen-bond donors (Lipinski definition) is 0. The van der Waals surface area contributed by atoms with Crippen LogP contribution in [0.25, 0.3) is 0 Å². The van der Waals surface area contributed by atoms with Crippen LogP contribution in [0, 0.1) is 28.6 Å². The van der Waals surface area contributed by atoms with Gasteiger partial charge in [0.2, 0.25) is 0 Å². The molecule has 0 aromatic heterocycles. The summed E-state index contributed by atoms with van der Waals surface area (Å²) in [5, 5.41) is 0. The first-order valence-electron chi connectivity index (χ1n) is 25.8. The summed E-state index contributed by atoms with van der Waals surface area (Å²) in [6.07, 6.45) is 34.5. The van der Waals surface area contributed by atoms with Gasteiger partial charge >= 0.3 is 41.5 Å². The number of ketones is 1. The van der Waals surface area contributed by atoms with Crippen LogP contribution in [0.15, 0.2) is 23.3 Å². The summed E-state index contributed by atoms with van der Waals surface area (Å²) in [7, 11) is -4.86. The van der Waals surface area contributed by atoms with Gasteiger partial charge in [0.15, 0.2) is 11.9 Å². The van der Waals surface area contributed by atoms with Gasteiger partial charge in [0.05, 0.1) is 12.7 Å². The molecule has 63 heavy (non-hydrogen) atoms. The molecule has 0 radical (unpaired) electrons. The first-order valence-corrected chi connectivity index (χ1v) is 27.2. The second kappa shape index (κ2) is 29.8. The fourth-order valence-corrected chi connectivity index (χ4v) is 12.8. The van der Waals surface area contributed by atoms with Gasteiger partial charge in [-0.1, -0.05) is 168 Å². The molecular weight excluding hydrogens is 823 g/mol. The zero-order chi connectivity index (χ0) is 44.9. The number of carbonyl (C=O) groups excluding carboxylic acids is 3. The van der Waals surface area contributed by atoms with E-state index in [0.29, 0.717) is 31.1 Å². The minimum atomic E-state index is -4.86. The van der Waals surface area contributed by atoms with E-state index in [4.69, 9.17) is 18.5 Å². The van der Waals surface area contributed by atoms with Crippen molar-refractivity contribution in [3.63, 3.8) is 0 Å². The number of phosphoric ester groups is 1. The summed E-state index contributed by atoms with van der Waals surface area (Å²) in [6.45, 7) is 10.3. The Kier molecular flexibility index (Phi) is 26.8. The topological polar surface area (TPSA) is 128 Å². The Hall–Kier alpha value is -0.800. The molecule has 0 bridgehead atoms. The van der Waals surface area contributed by atoms with E-state index in [9.17, 15) is 23.8 Å². The molecule has 3 fully saturated rings. The zero-order valence-electron chi connectivity index (χ0n) is 41.0. The molecule has 4 aliphatic rings. The summed E-state index contributed by atoms with van der Waals surface area (Å²) >= 11 is 0. The summed E-state index contributed by atoms with van der Waals surface area (Å²) in [5.41, 5.74) is 2.15. The third-order valence-corrected chi connectivity index (χ3v) is 16.5. The van der Waals surface area contributed by atoms with E-state index in [-0.39, 0.29) is 77.5 Å². The molecule has 4 rings (SSSR count). The fourth-order valence-electron chi connectivity index (χ4n) is 11.9. The second-order valence-corrected chi connectivity index (χ2v) is 21.5. The van der Waals surface area contributed by atoms with Crippen molar-refractivity contribution < 1.29 is 71.9 Å². The number of rotatable bonds is 32. The number of unbranched alkanes of at least 4 members (excludes halogenated alkanes) is 20. The number of phosphoric acid groups is 1. The summed E-state index contributed by atoms with van der Waals surface area (Å²) < 4.78 is 36.3. The first kappa shape index (κ1) is 56.5. The minimum Gasteiger partial charge on any atom is -0.756 e. The van der Waals surface area contributed by atoms with Crippen LogP contribution in [-0.2, 0) is 37.5 Å². The number of ether oxygens (including phenoxy) is 2. The van der Waals surface area contributed by atoms with Gasteiger partial charge in [-0.25, -0.2) is 0 Å². The van der Waals surface area contributed by atoms with E-state index in [1.54, 1.807) is 0 Å². The second-order valence-electron chi connectivity index (χ2n) is 20.1. The van der Waals surface area contributed by atoms with E-state index in [2.05, 4.69) is 27.7 Å². The van der Waals surface area contributed by atoms with E-state index in [1.165, 1.54) is 102 Å². The van der Waals surface area contributed by atoms with Gasteiger partial charge in [0, 0.05) is 19.3 Å². The maximum Gasteiger partial charge on any atom is 1.00 e. The van der Waals surface area contributed by atoms with E-state index in [0.717, 1.165) is 76.2 Å². The molecule has 6 unspecified atom stereocenters. The predicted molar refractivity (Wildman–Crippen MR) is 247 cm³/mol. The minimum absolute atomic E-state index is 0. The van der Waals surface area contributed by atoms with E-state index in [1.807, 2.05) is 19.1 Å². The molecule has 0 aromatic rings. The Morgan fingerprint density at radius 1 is 0.730 bits per heavy atom. The molecule has 356 valence electrons. The normalized spacial score (nSPS) is 27.4. The SMILES string of the molecule is CC=C1C(OP(=O)([O-])OCC(COC(=O)CCCCCCCCCCCCC)OC(=O)CCCCCCCCCCCCC)CC2C3CCC4=CC(=O)CC[C@]4(C)C3CC[C@]12C.[Na+]. The summed E-state index contributed by atoms with van der Waals surface area (Å²) in [6, 6.07) is 0. The Labute approximate surface area is 406 Å². The average Bonchev–Trinajstić information content (AvgIpc) is 3.53. The maximum atomic E-state index is 13.6. The van der Waals surface area contributed by atoms with Crippen molar-refractivity contribution in [3.8, 4) is 0 Å². The van der Waals surface area contributed by atoms with Gasteiger partial charge in [0.1, 0.15) is 6.61 Å². The Balaban J connectivity index is 0.0000106. The Morgan fingerprint density at radius 2 is 1.25 bits per heavy atom. The molecule has 0 aliphatic heterocycles. The monoisotopic (exact) mass is 911 g/mol. The standard InChI is InChI=1S/C52H89O9P.Na/c1-6-9-11-13-15-17-19-21-23-25-27-29-49(54)58-39-43(60-50(55)30-28-26-24-22-20-18-16-14-12-10-7-2)40-59-62(56,57)61-48-38-47-44-32-31-41-37-42(53)33-35-51(41,4)46(44)34-36-52(47,5)45(48)8-3;/h8,37,43-44,46-48H,6-7,9-36,38-40H2,1-5H3,(H,56,57);/q;+1/p-1/t43?,44?,46?,47?,48?,51-,52+;/m0./s1. The predicted octanol–water partition coefficient (Wildman–Crippen LogP) is 10.8. The molecule has 0 amide bonds. The van der Waals surface area contributed by atoms with Crippen LogP contribution in [0.1, 0.15) is 234 Å². The Morgan fingerprint density at radius 3 is 1.79 bits per heavy atom. The quantitative estimate of drug-likeness (QED) is 0.0213. The van der Waals surface area contributed by atoms with Crippen molar-refractivity contribution >= 4 is 25.5 Å². The molecule has 9 nitrogen and oxygen atoms in total. The fraction of sp³-hybridized carbons (Fsp3) is 0.865. The van der Waals surface area contributed by atoms with Crippen molar-refractivity contribution in [2.75, 3.05) is 13.2 Å². The molecule has 0 aromatic carbocycles. The van der Waals surface area contributed by atoms with Gasteiger partial charge in [-0.15, -0.1) is 0 Å². The molecule has 3 saturated carbocycles. The molecule has 0 heterocycles. The van der Waals surface area contributed by atoms with E-state index >= 15 is 0 Å². The number of carbonyl (C=O) groups is 3. The van der Waals surface area contributed by atoms with Crippen LogP contribution in [0.4, 0.5) is 0 Å². The van der Waals surface area contributed by atoms with Gasteiger partial charge in [-0.2, -0.15) is 0 Å². The van der Waals surface area contributed by atoms with Crippen LogP contribution in [0.2, 0.25) is 0 Å². The average molecular weight is 911 g/mol. The van der Waals surface area contributed by atoms with Crippen molar-refractivity contribution in [3.05, 3.63) is 23.3 Å². The number of esters is 2. The number of fused-ring (bicyclic) bond motifs is 5. The molecule has 8 atom stereocenters. The maximum absolute atomic E-state index is 13.6. The van der Waals surface area contributed by atoms with Crippen molar-refractivity contribution in [2.45, 2.75) is 246 Å². The molecule has 11 heteroatoms.